The van der Waals surface area contributed by atoms with Crippen LogP contribution in [-0.2, 0) is 11.3 Å². The number of rotatable bonds is 5. The average molecular weight is 375 g/mol. The maximum absolute atomic E-state index is 6.33. The minimum atomic E-state index is 0.193. The molecule has 4 nitrogen and oxygen atoms in total. The second-order valence-electron chi connectivity index (χ2n) is 7.26. The minimum absolute atomic E-state index is 0.193. The van der Waals surface area contributed by atoms with E-state index in [0.29, 0.717) is 18.3 Å². The lowest BCUT2D eigenvalue weighted by atomic mass is 9.39. The van der Waals surface area contributed by atoms with E-state index in [-0.39, 0.29) is 12.8 Å². The van der Waals surface area contributed by atoms with E-state index in [4.69, 9.17) is 4.74 Å². The summed E-state index contributed by atoms with van der Waals surface area (Å²) < 4.78 is 6.33. The van der Waals surface area contributed by atoms with Crippen LogP contribution in [-0.4, -0.2) is 28.9 Å². The van der Waals surface area contributed by atoms with E-state index in [1.807, 2.05) is 33.0 Å². The Balaban J connectivity index is 0.00000109. The molecule has 1 aromatic heterocycles. The van der Waals surface area contributed by atoms with Crippen LogP contribution in [0.25, 0.3) is 0 Å². The Morgan fingerprint density at radius 2 is 1.93 bits per heavy atom. The first-order valence-corrected chi connectivity index (χ1v) is 10.4. The molecule has 146 valence electrons. The second-order valence-corrected chi connectivity index (χ2v) is 7.26. The van der Waals surface area contributed by atoms with E-state index in [2.05, 4.69) is 52.7 Å². The van der Waals surface area contributed by atoms with E-state index in [1.54, 1.807) is 6.33 Å². The van der Waals surface area contributed by atoms with Gasteiger partial charge >= 0.3 is 0 Å². The van der Waals surface area contributed by atoms with Crippen molar-refractivity contribution in [2.75, 3.05) is 0 Å². The normalized spacial score (nSPS) is 22.8. The molecule has 1 aliphatic carbocycles. The van der Waals surface area contributed by atoms with Gasteiger partial charge in [0.2, 0.25) is 0 Å². The van der Waals surface area contributed by atoms with E-state index >= 15 is 0 Å². The van der Waals surface area contributed by atoms with Crippen molar-refractivity contribution in [2.45, 2.75) is 59.1 Å². The molecule has 2 aliphatic rings. The number of benzene rings is 1. The van der Waals surface area contributed by atoms with Crippen LogP contribution < -0.4 is 5.59 Å². The van der Waals surface area contributed by atoms with Crippen molar-refractivity contribution >= 4 is 24.1 Å². The number of hydrogen-bond acceptors (Lipinski definition) is 4. The fourth-order valence-corrected chi connectivity index (χ4v) is 4.35. The Morgan fingerprint density at radius 3 is 2.64 bits per heavy atom. The Hall–Kier alpha value is -2.27. The molecular weight excluding hydrogens is 345 g/mol. The van der Waals surface area contributed by atoms with Crippen LogP contribution in [0.1, 0.15) is 44.9 Å². The predicted octanol–water partition coefficient (Wildman–Crippen LogP) is 4.71. The molecule has 28 heavy (non-hydrogen) atoms. The molecule has 0 spiro atoms. The van der Waals surface area contributed by atoms with Gasteiger partial charge in [0.25, 0.3) is 6.71 Å². The Kier molecular flexibility index (Phi) is 6.79. The zero-order valence-electron chi connectivity index (χ0n) is 17.4. The Morgan fingerprint density at radius 1 is 1.18 bits per heavy atom. The van der Waals surface area contributed by atoms with Gasteiger partial charge < -0.3 is 4.74 Å². The van der Waals surface area contributed by atoms with Gasteiger partial charge in [-0.15, -0.1) is 0 Å². The molecule has 1 saturated carbocycles. The molecular formula is C23H30BN3O. The number of nitrogens with zero attached hydrogens (tertiary/aromatic N) is 3. The predicted molar refractivity (Wildman–Crippen MR) is 118 cm³/mol. The standard InChI is InChI=1S/C21H24BN3O.C2H6/c1-4-17-14(2)18(10-19(17)26-11-16-8-6-5-7-9-16)22-12-23-20-15(3)24-13-25-21(20)22;1-2/h5-9,12-13,17-19H,2,4,10-11H2,1,3H3;1-2H3/t17-,18-,19-;/m0./s1. The summed E-state index contributed by atoms with van der Waals surface area (Å²) in [6.45, 7) is 13.5. The van der Waals surface area contributed by atoms with Gasteiger partial charge in [0, 0.05) is 11.5 Å². The highest BCUT2D eigenvalue weighted by Crippen LogP contribution is 2.45. The zero-order valence-corrected chi connectivity index (χ0v) is 17.4. The summed E-state index contributed by atoms with van der Waals surface area (Å²) in [5.41, 5.74) is 5.43. The quantitative estimate of drug-likeness (QED) is 0.562. The van der Waals surface area contributed by atoms with Crippen LogP contribution in [0, 0.1) is 12.8 Å². The van der Waals surface area contributed by atoms with Crippen molar-refractivity contribution in [3.8, 4) is 0 Å². The molecule has 0 radical (unpaired) electrons. The highest BCUT2D eigenvalue weighted by Gasteiger charge is 2.45. The van der Waals surface area contributed by atoms with Crippen molar-refractivity contribution < 1.29 is 4.74 Å². The fourth-order valence-electron chi connectivity index (χ4n) is 4.35. The van der Waals surface area contributed by atoms with Gasteiger partial charge in [-0.05, 0) is 37.3 Å². The van der Waals surface area contributed by atoms with Crippen LogP contribution in [0.15, 0.2) is 53.8 Å². The van der Waals surface area contributed by atoms with Crippen LogP contribution in [0.5, 0.6) is 0 Å². The zero-order chi connectivity index (χ0) is 20.1. The maximum Gasteiger partial charge on any atom is 0.257 e. The third kappa shape index (κ3) is 3.95. The number of ether oxygens (including phenoxy) is 1. The van der Waals surface area contributed by atoms with Crippen LogP contribution in [0.3, 0.4) is 0 Å². The van der Waals surface area contributed by atoms with E-state index in [9.17, 15) is 0 Å². The Labute approximate surface area is 169 Å². The summed E-state index contributed by atoms with van der Waals surface area (Å²) >= 11 is 0. The van der Waals surface area contributed by atoms with Gasteiger partial charge in [-0.25, -0.2) is 9.97 Å². The van der Waals surface area contributed by atoms with Crippen molar-refractivity contribution in [1.82, 2.24) is 9.97 Å². The van der Waals surface area contributed by atoms with Gasteiger partial charge in [0.1, 0.15) is 6.33 Å². The summed E-state index contributed by atoms with van der Waals surface area (Å²) in [7, 11) is 0. The van der Waals surface area contributed by atoms with Gasteiger partial charge in [0.15, 0.2) is 0 Å². The minimum Gasteiger partial charge on any atom is -0.373 e. The molecule has 4 rings (SSSR count). The monoisotopic (exact) mass is 375 g/mol. The molecule has 1 aliphatic heterocycles. The SMILES string of the molecule is C=C1[C@@H](B2C=Nc3c(C)ncnc32)C[C@H](OCc2ccccc2)[C@H]1CC.CC. The lowest BCUT2D eigenvalue weighted by molar-refractivity contribution is 0.0200. The van der Waals surface area contributed by atoms with E-state index < -0.39 is 0 Å². The van der Waals surface area contributed by atoms with Crippen molar-refractivity contribution in [3.63, 3.8) is 0 Å². The first-order chi connectivity index (χ1) is 13.7. The number of hydrogen-bond donors (Lipinski definition) is 0. The van der Waals surface area contributed by atoms with E-state index in [1.165, 1.54) is 11.1 Å². The number of fused-ring (bicyclic) bond motifs is 1. The van der Waals surface area contributed by atoms with Gasteiger partial charge in [-0.1, -0.05) is 63.3 Å². The summed E-state index contributed by atoms with van der Waals surface area (Å²) in [5.74, 6) is 0.726. The Bertz CT molecular complexity index is 837. The number of aliphatic imine (C=N–C) groups is 1. The lowest BCUT2D eigenvalue weighted by Crippen LogP contribution is -2.36. The highest BCUT2D eigenvalue weighted by molar-refractivity contribution is 6.98. The molecule has 0 saturated heterocycles. The van der Waals surface area contributed by atoms with Crippen LogP contribution >= 0.6 is 0 Å². The fraction of sp³-hybridized carbons (Fsp3) is 0.435. The van der Waals surface area contributed by atoms with Gasteiger partial charge in [-0.2, -0.15) is 0 Å². The van der Waals surface area contributed by atoms with Crippen molar-refractivity contribution in [1.29, 1.82) is 0 Å². The molecule has 0 amide bonds. The first kappa shape index (κ1) is 20.5. The van der Waals surface area contributed by atoms with Gasteiger partial charge in [-0.3, -0.25) is 4.99 Å². The topological polar surface area (TPSA) is 47.4 Å². The average Bonchev–Trinajstić information content (AvgIpc) is 3.30. The molecule has 2 heterocycles. The van der Waals surface area contributed by atoms with Gasteiger partial charge in [0.05, 0.1) is 24.1 Å². The second kappa shape index (κ2) is 9.29. The smallest absolute Gasteiger partial charge is 0.257 e. The molecule has 0 bridgehead atoms. The molecule has 1 fully saturated rings. The van der Waals surface area contributed by atoms with Crippen molar-refractivity contribution in [3.05, 3.63) is 60.1 Å². The van der Waals surface area contributed by atoms with Crippen LogP contribution in [0.4, 0.5) is 5.69 Å². The lowest BCUT2D eigenvalue weighted by Gasteiger charge is -2.19. The van der Waals surface area contributed by atoms with Crippen molar-refractivity contribution in [2.24, 2.45) is 10.9 Å². The largest absolute Gasteiger partial charge is 0.373 e. The molecule has 0 unspecified atom stereocenters. The van der Waals surface area contributed by atoms with E-state index in [0.717, 1.165) is 29.8 Å². The molecule has 2 aromatic rings. The summed E-state index contributed by atoms with van der Waals surface area (Å²) in [4.78, 5) is 13.4. The van der Waals surface area contributed by atoms with Crippen LogP contribution in [0.2, 0.25) is 5.82 Å². The number of aryl methyl sites for hydroxylation is 1. The molecule has 5 heteroatoms. The summed E-state index contributed by atoms with van der Waals surface area (Å²) in [6, 6.07) is 10.4. The highest BCUT2D eigenvalue weighted by atomic mass is 16.5. The third-order valence-electron chi connectivity index (χ3n) is 5.78. The first-order valence-electron chi connectivity index (χ1n) is 10.4. The maximum atomic E-state index is 6.33. The summed E-state index contributed by atoms with van der Waals surface area (Å²) in [5, 5.41) is 0. The molecule has 1 aromatic carbocycles. The number of aromatic nitrogens is 2. The molecule has 3 atom stereocenters. The molecule has 0 N–H and O–H groups in total. The third-order valence-corrected chi connectivity index (χ3v) is 5.78. The summed E-state index contributed by atoms with van der Waals surface area (Å²) in [6.07, 6.45) is 5.92.